The summed E-state index contributed by atoms with van der Waals surface area (Å²) in [5, 5.41) is 4.85. The molecule has 4 rings (SSSR count). The van der Waals surface area contributed by atoms with Gasteiger partial charge < -0.3 is 10.3 Å². The highest BCUT2D eigenvalue weighted by molar-refractivity contribution is 6.14. The Hall–Kier alpha value is -3.14. The molecule has 112 valence electrons. The number of carbonyl (C=O) groups excluding carboxylic acids is 1. The molecule has 0 saturated carbocycles. The Kier molecular flexibility index (Phi) is 3.08. The molecule has 4 nitrogen and oxygen atoms in total. The van der Waals surface area contributed by atoms with E-state index in [9.17, 15) is 4.79 Å². The predicted molar refractivity (Wildman–Crippen MR) is 92.7 cm³/mol. The maximum atomic E-state index is 12.6. The number of nitrogens with zero attached hydrogens (tertiary/aromatic N) is 1. The van der Waals surface area contributed by atoms with Gasteiger partial charge in [-0.05, 0) is 37.3 Å². The Morgan fingerprint density at radius 2 is 1.87 bits per heavy atom. The second-order valence-electron chi connectivity index (χ2n) is 5.53. The third kappa shape index (κ3) is 2.34. The first-order valence-corrected chi connectivity index (χ1v) is 7.46. The number of aromatic amines is 1. The standard InChI is InChI=1S/C19H15N3O/c1-12-9-10-14-17(21-12)7-4-8-18(14)22-19(23)15-11-20-16-6-3-2-5-13(15)16/h2-11,20H,1H3,(H,22,23). The van der Waals surface area contributed by atoms with Gasteiger partial charge in [0.05, 0.1) is 16.8 Å². The Balaban J connectivity index is 1.74. The van der Waals surface area contributed by atoms with Crippen molar-refractivity contribution in [3.8, 4) is 0 Å². The van der Waals surface area contributed by atoms with Crippen LogP contribution in [0.5, 0.6) is 0 Å². The number of fused-ring (bicyclic) bond motifs is 2. The highest BCUT2D eigenvalue weighted by Gasteiger charge is 2.13. The van der Waals surface area contributed by atoms with Crippen LogP contribution in [0.2, 0.25) is 0 Å². The van der Waals surface area contributed by atoms with Gasteiger partial charge >= 0.3 is 0 Å². The lowest BCUT2D eigenvalue weighted by atomic mass is 10.1. The molecule has 0 unspecified atom stereocenters. The molecule has 0 radical (unpaired) electrons. The van der Waals surface area contributed by atoms with Gasteiger partial charge in [-0.2, -0.15) is 0 Å². The van der Waals surface area contributed by atoms with Crippen LogP contribution in [0.4, 0.5) is 5.69 Å². The van der Waals surface area contributed by atoms with E-state index in [4.69, 9.17) is 0 Å². The predicted octanol–water partition coefficient (Wildman–Crippen LogP) is 4.28. The smallest absolute Gasteiger partial charge is 0.257 e. The van der Waals surface area contributed by atoms with Crippen LogP contribution in [0.15, 0.2) is 60.8 Å². The van der Waals surface area contributed by atoms with E-state index >= 15 is 0 Å². The molecule has 0 bridgehead atoms. The van der Waals surface area contributed by atoms with Crippen LogP contribution in [-0.4, -0.2) is 15.9 Å². The average molecular weight is 301 g/mol. The number of aryl methyl sites for hydroxylation is 1. The van der Waals surface area contributed by atoms with Crippen molar-refractivity contribution in [3.05, 3.63) is 72.1 Å². The SMILES string of the molecule is Cc1ccc2c(NC(=O)c3c[nH]c4ccccc34)cccc2n1. The second-order valence-corrected chi connectivity index (χ2v) is 5.53. The fraction of sp³-hybridized carbons (Fsp3) is 0.0526. The number of amides is 1. The van der Waals surface area contributed by atoms with Crippen molar-refractivity contribution in [2.24, 2.45) is 0 Å². The van der Waals surface area contributed by atoms with Crippen molar-refractivity contribution >= 4 is 33.4 Å². The second kappa shape index (κ2) is 5.25. The summed E-state index contributed by atoms with van der Waals surface area (Å²) in [5.74, 6) is -0.129. The van der Waals surface area contributed by atoms with Crippen LogP contribution in [0.25, 0.3) is 21.8 Å². The molecule has 0 aliphatic rings. The third-order valence-electron chi connectivity index (χ3n) is 3.95. The van der Waals surface area contributed by atoms with Crippen molar-refractivity contribution in [2.75, 3.05) is 5.32 Å². The first-order valence-electron chi connectivity index (χ1n) is 7.46. The van der Waals surface area contributed by atoms with Crippen molar-refractivity contribution in [1.82, 2.24) is 9.97 Å². The number of hydrogen-bond acceptors (Lipinski definition) is 2. The summed E-state index contributed by atoms with van der Waals surface area (Å²) in [5.41, 5.74) is 4.19. The molecular formula is C19H15N3O. The number of carbonyl (C=O) groups is 1. The first-order chi connectivity index (χ1) is 11.2. The van der Waals surface area contributed by atoms with E-state index in [0.717, 1.165) is 33.2 Å². The van der Waals surface area contributed by atoms with Crippen LogP contribution in [-0.2, 0) is 0 Å². The van der Waals surface area contributed by atoms with Crippen molar-refractivity contribution in [2.45, 2.75) is 6.92 Å². The summed E-state index contributed by atoms with van der Waals surface area (Å²) in [6.07, 6.45) is 1.74. The number of nitrogens with one attached hydrogen (secondary N) is 2. The highest BCUT2D eigenvalue weighted by atomic mass is 16.1. The van der Waals surface area contributed by atoms with Gasteiger partial charge in [-0.15, -0.1) is 0 Å². The quantitative estimate of drug-likeness (QED) is 0.580. The number of rotatable bonds is 2. The molecule has 0 aliphatic heterocycles. The van der Waals surface area contributed by atoms with E-state index in [0.29, 0.717) is 5.56 Å². The van der Waals surface area contributed by atoms with Crippen LogP contribution in [0.3, 0.4) is 0 Å². The zero-order valence-corrected chi connectivity index (χ0v) is 12.6. The van der Waals surface area contributed by atoms with E-state index in [1.165, 1.54) is 0 Å². The summed E-state index contributed by atoms with van der Waals surface area (Å²) < 4.78 is 0. The molecule has 0 aliphatic carbocycles. The number of aromatic nitrogens is 2. The number of benzene rings is 2. The lowest BCUT2D eigenvalue weighted by molar-refractivity contribution is 0.102. The highest BCUT2D eigenvalue weighted by Crippen LogP contribution is 2.24. The van der Waals surface area contributed by atoms with Crippen molar-refractivity contribution < 1.29 is 4.79 Å². The van der Waals surface area contributed by atoms with Crippen LogP contribution >= 0.6 is 0 Å². The van der Waals surface area contributed by atoms with Gasteiger partial charge in [0.2, 0.25) is 0 Å². The minimum absolute atomic E-state index is 0.129. The van der Waals surface area contributed by atoms with Gasteiger partial charge in [-0.3, -0.25) is 9.78 Å². The van der Waals surface area contributed by atoms with Gasteiger partial charge in [-0.25, -0.2) is 0 Å². The monoisotopic (exact) mass is 301 g/mol. The van der Waals surface area contributed by atoms with Gasteiger partial charge in [0.25, 0.3) is 5.91 Å². The van der Waals surface area contributed by atoms with Gasteiger partial charge in [0.15, 0.2) is 0 Å². The Bertz CT molecular complexity index is 1030. The molecule has 2 aromatic heterocycles. The largest absolute Gasteiger partial charge is 0.360 e. The topological polar surface area (TPSA) is 57.8 Å². The number of pyridine rings is 1. The van der Waals surface area contributed by atoms with Crippen molar-refractivity contribution in [1.29, 1.82) is 0 Å². The minimum Gasteiger partial charge on any atom is -0.360 e. The minimum atomic E-state index is -0.129. The molecule has 0 saturated heterocycles. The lowest BCUT2D eigenvalue weighted by Crippen LogP contribution is -2.11. The van der Waals surface area contributed by atoms with Crippen molar-refractivity contribution in [3.63, 3.8) is 0 Å². The molecular weight excluding hydrogens is 286 g/mol. The maximum absolute atomic E-state index is 12.6. The van der Waals surface area contributed by atoms with E-state index in [1.807, 2.05) is 61.5 Å². The lowest BCUT2D eigenvalue weighted by Gasteiger charge is -2.08. The molecule has 0 spiro atoms. The van der Waals surface area contributed by atoms with E-state index in [2.05, 4.69) is 15.3 Å². The summed E-state index contributed by atoms with van der Waals surface area (Å²) >= 11 is 0. The molecule has 2 aromatic carbocycles. The molecule has 23 heavy (non-hydrogen) atoms. The van der Waals surface area contributed by atoms with Crippen LogP contribution in [0.1, 0.15) is 16.1 Å². The summed E-state index contributed by atoms with van der Waals surface area (Å²) in [6, 6.07) is 17.4. The Morgan fingerprint density at radius 1 is 1.00 bits per heavy atom. The van der Waals surface area contributed by atoms with Crippen LogP contribution in [0, 0.1) is 6.92 Å². The number of H-pyrrole nitrogens is 1. The number of para-hydroxylation sites is 1. The first kappa shape index (κ1) is 13.5. The third-order valence-corrected chi connectivity index (χ3v) is 3.95. The molecule has 4 heteroatoms. The van der Waals surface area contributed by atoms with E-state index in [-0.39, 0.29) is 5.91 Å². The summed E-state index contributed by atoms with van der Waals surface area (Å²) in [7, 11) is 0. The van der Waals surface area contributed by atoms with Crippen LogP contribution < -0.4 is 5.32 Å². The fourth-order valence-electron chi connectivity index (χ4n) is 2.81. The normalized spacial score (nSPS) is 11.0. The molecule has 0 atom stereocenters. The Labute approximate surface area is 133 Å². The maximum Gasteiger partial charge on any atom is 0.257 e. The Morgan fingerprint density at radius 3 is 2.78 bits per heavy atom. The zero-order chi connectivity index (χ0) is 15.8. The van der Waals surface area contributed by atoms with Gasteiger partial charge in [0, 0.05) is 28.2 Å². The molecule has 4 aromatic rings. The van der Waals surface area contributed by atoms with E-state index < -0.39 is 0 Å². The molecule has 2 N–H and O–H groups in total. The molecule has 1 amide bonds. The summed E-state index contributed by atoms with van der Waals surface area (Å²) in [6.45, 7) is 1.95. The van der Waals surface area contributed by atoms with Gasteiger partial charge in [0.1, 0.15) is 0 Å². The van der Waals surface area contributed by atoms with E-state index in [1.54, 1.807) is 6.20 Å². The zero-order valence-electron chi connectivity index (χ0n) is 12.6. The molecule has 2 heterocycles. The number of hydrogen-bond donors (Lipinski definition) is 2. The molecule has 0 fully saturated rings. The van der Waals surface area contributed by atoms with Gasteiger partial charge in [-0.1, -0.05) is 24.3 Å². The summed E-state index contributed by atoms with van der Waals surface area (Å²) in [4.78, 5) is 20.3. The fourth-order valence-corrected chi connectivity index (χ4v) is 2.81. The number of anilines is 1. The average Bonchev–Trinajstić information content (AvgIpc) is 2.99.